The molecule has 0 saturated heterocycles. The molecule has 0 radical (unpaired) electrons. The Kier molecular flexibility index (Phi) is 7.60. The van der Waals surface area contributed by atoms with Gasteiger partial charge in [-0.15, -0.1) is 6.58 Å². The molecule has 1 nitrogen and oxygen atoms in total. The maximum absolute atomic E-state index is 5.51. The molecule has 16 heavy (non-hydrogen) atoms. The van der Waals surface area contributed by atoms with Crippen LogP contribution in [0.15, 0.2) is 61.4 Å². The molecule has 1 heteroatoms. The van der Waals surface area contributed by atoms with Crippen LogP contribution in [0, 0.1) is 6.92 Å². The highest BCUT2D eigenvalue weighted by Gasteiger charge is 1.94. The molecular formula is C15H20O. The SMILES string of the molecule is C=C/C(=C\C)Oc1ccc(C)cc1.C=CC. The van der Waals surface area contributed by atoms with Gasteiger partial charge in [-0.1, -0.05) is 30.4 Å². The second-order valence-corrected chi connectivity index (χ2v) is 3.22. The number of aryl methyl sites for hydroxylation is 1. The van der Waals surface area contributed by atoms with Gasteiger partial charge in [0.2, 0.25) is 0 Å². The van der Waals surface area contributed by atoms with E-state index in [1.165, 1.54) is 5.56 Å². The maximum Gasteiger partial charge on any atom is 0.127 e. The molecule has 0 bridgehead atoms. The Hall–Kier alpha value is -1.76. The zero-order valence-electron chi connectivity index (χ0n) is 10.4. The van der Waals surface area contributed by atoms with Crippen molar-refractivity contribution in [3.63, 3.8) is 0 Å². The molecule has 0 amide bonds. The van der Waals surface area contributed by atoms with Crippen molar-refractivity contribution in [1.29, 1.82) is 0 Å². The van der Waals surface area contributed by atoms with Crippen molar-refractivity contribution in [3.05, 3.63) is 67.0 Å². The lowest BCUT2D eigenvalue weighted by Crippen LogP contribution is -1.90. The summed E-state index contributed by atoms with van der Waals surface area (Å²) in [5.74, 6) is 1.63. The molecule has 86 valence electrons. The summed E-state index contributed by atoms with van der Waals surface area (Å²) in [5, 5.41) is 0. The van der Waals surface area contributed by atoms with Crippen molar-refractivity contribution in [1.82, 2.24) is 0 Å². The zero-order valence-corrected chi connectivity index (χ0v) is 10.4. The Labute approximate surface area is 98.8 Å². The number of hydrogen-bond acceptors (Lipinski definition) is 1. The van der Waals surface area contributed by atoms with Gasteiger partial charge in [-0.05, 0) is 45.1 Å². The first-order valence-electron chi connectivity index (χ1n) is 5.28. The third-order valence-corrected chi connectivity index (χ3v) is 1.74. The number of rotatable bonds is 3. The molecule has 0 aromatic heterocycles. The number of benzene rings is 1. The smallest absolute Gasteiger partial charge is 0.127 e. The van der Waals surface area contributed by atoms with E-state index < -0.39 is 0 Å². The Morgan fingerprint density at radius 3 is 2.00 bits per heavy atom. The van der Waals surface area contributed by atoms with E-state index in [1.807, 2.05) is 51.1 Å². The monoisotopic (exact) mass is 216 g/mol. The standard InChI is InChI=1S/C12H14O.C3H6/c1-4-11(5-2)13-12-8-6-10(3)7-9-12;1-3-2/h4-9H,1H2,2-3H3;3H,1H2,2H3/b11-5+;. The van der Waals surface area contributed by atoms with Crippen LogP contribution < -0.4 is 4.74 Å². The fraction of sp³-hybridized carbons (Fsp3) is 0.200. The summed E-state index contributed by atoms with van der Waals surface area (Å²) in [6.07, 6.45) is 5.33. The molecule has 1 aromatic rings. The summed E-state index contributed by atoms with van der Waals surface area (Å²) in [4.78, 5) is 0. The molecule has 0 aliphatic heterocycles. The van der Waals surface area contributed by atoms with E-state index in [4.69, 9.17) is 4.74 Å². The highest BCUT2D eigenvalue weighted by Crippen LogP contribution is 2.14. The molecule has 0 heterocycles. The molecule has 1 aromatic carbocycles. The lowest BCUT2D eigenvalue weighted by atomic mass is 10.2. The molecule has 0 aliphatic carbocycles. The molecule has 1 rings (SSSR count). The predicted molar refractivity (Wildman–Crippen MR) is 71.6 cm³/mol. The quantitative estimate of drug-likeness (QED) is 0.406. The minimum Gasteiger partial charge on any atom is -0.458 e. The summed E-state index contributed by atoms with van der Waals surface area (Å²) < 4.78 is 5.51. The van der Waals surface area contributed by atoms with Crippen LogP contribution >= 0.6 is 0 Å². The van der Waals surface area contributed by atoms with E-state index in [2.05, 4.69) is 13.2 Å². The van der Waals surface area contributed by atoms with Crippen molar-refractivity contribution in [2.45, 2.75) is 20.8 Å². The third kappa shape index (κ3) is 5.86. The third-order valence-electron chi connectivity index (χ3n) is 1.74. The summed E-state index contributed by atoms with van der Waals surface area (Å²) in [6, 6.07) is 7.93. The molecule has 0 aliphatic rings. The molecule has 0 spiro atoms. The zero-order chi connectivity index (χ0) is 12.4. The van der Waals surface area contributed by atoms with Gasteiger partial charge < -0.3 is 4.74 Å². The van der Waals surface area contributed by atoms with E-state index in [9.17, 15) is 0 Å². The Bertz CT molecular complexity index is 344. The minimum atomic E-state index is 0.781. The van der Waals surface area contributed by atoms with E-state index in [0.717, 1.165) is 11.5 Å². The van der Waals surface area contributed by atoms with Gasteiger partial charge in [0.1, 0.15) is 11.5 Å². The average Bonchev–Trinajstić information content (AvgIpc) is 2.29. The lowest BCUT2D eigenvalue weighted by Gasteiger charge is -2.05. The Morgan fingerprint density at radius 1 is 1.12 bits per heavy atom. The van der Waals surface area contributed by atoms with E-state index in [1.54, 1.807) is 12.2 Å². The summed E-state index contributed by atoms with van der Waals surface area (Å²) in [6.45, 7) is 12.9. The first-order valence-corrected chi connectivity index (χ1v) is 5.28. The Balaban J connectivity index is 0.000000673. The van der Waals surface area contributed by atoms with E-state index in [0.29, 0.717) is 0 Å². The van der Waals surface area contributed by atoms with Gasteiger partial charge >= 0.3 is 0 Å². The van der Waals surface area contributed by atoms with Gasteiger partial charge in [-0.25, -0.2) is 0 Å². The summed E-state index contributed by atoms with van der Waals surface area (Å²) >= 11 is 0. The van der Waals surface area contributed by atoms with Gasteiger partial charge in [0.05, 0.1) is 0 Å². The van der Waals surface area contributed by atoms with Crippen molar-refractivity contribution in [3.8, 4) is 5.75 Å². The Morgan fingerprint density at radius 2 is 1.62 bits per heavy atom. The van der Waals surface area contributed by atoms with Crippen LogP contribution in [-0.2, 0) is 0 Å². The van der Waals surface area contributed by atoms with Crippen molar-refractivity contribution in [2.75, 3.05) is 0 Å². The highest BCUT2D eigenvalue weighted by atomic mass is 16.5. The van der Waals surface area contributed by atoms with Gasteiger partial charge in [0.15, 0.2) is 0 Å². The topological polar surface area (TPSA) is 9.23 Å². The van der Waals surface area contributed by atoms with Crippen molar-refractivity contribution >= 4 is 0 Å². The molecule has 0 saturated carbocycles. The van der Waals surface area contributed by atoms with Crippen LogP contribution in [0.4, 0.5) is 0 Å². The molecule has 0 unspecified atom stereocenters. The number of allylic oxidation sites excluding steroid dienone is 3. The fourth-order valence-electron chi connectivity index (χ4n) is 0.961. The van der Waals surface area contributed by atoms with Crippen LogP contribution in [-0.4, -0.2) is 0 Å². The largest absolute Gasteiger partial charge is 0.458 e. The number of hydrogen-bond donors (Lipinski definition) is 0. The maximum atomic E-state index is 5.51. The summed E-state index contributed by atoms with van der Waals surface area (Å²) in [5.41, 5.74) is 1.23. The molecule has 0 N–H and O–H groups in total. The van der Waals surface area contributed by atoms with Crippen LogP contribution in [0.5, 0.6) is 5.75 Å². The predicted octanol–water partition coefficient (Wildman–Crippen LogP) is 4.66. The molecule has 0 atom stereocenters. The second-order valence-electron chi connectivity index (χ2n) is 3.22. The highest BCUT2D eigenvalue weighted by molar-refractivity contribution is 5.29. The van der Waals surface area contributed by atoms with Crippen molar-refractivity contribution in [2.24, 2.45) is 0 Å². The minimum absolute atomic E-state index is 0.781. The summed E-state index contributed by atoms with van der Waals surface area (Å²) in [7, 11) is 0. The molecular weight excluding hydrogens is 196 g/mol. The molecule has 0 fully saturated rings. The number of ether oxygens (including phenoxy) is 1. The van der Waals surface area contributed by atoms with E-state index in [-0.39, 0.29) is 0 Å². The van der Waals surface area contributed by atoms with Gasteiger partial charge in [-0.2, -0.15) is 0 Å². The van der Waals surface area contributed by atoms with Gasteiger partial charge in [0.25, 0.3) is 0 Å². The first kappa shape index (κ1) is 14.2. The first-order chi connectivity index (χ1) is 7.67. The average molecular weight is 216 g/mol. The van der Waals surface area contributed by atoms with Crippen LogP contribution in [0.2, 0.25) is 0 Å². The fourth-order valence-corrected chi connectivity index (χ4v) is 0.961. The van der Waals surface area contributed by atoms with Crippen LogP contribution in [0.3, 0.4) is 0 Å². The van der Waals surface area contributed by atoms with Crippen LogP contribution in [0.1, 0.15) is 19.4 Å². The van der Waals surface area contributed by atoms with Crippen LogP contribution in [0.25, 0.3) is 0 Å². The normalized spacial score (nSPS) is 9.81. The van der Waals surface area contributed by atoms with E-state index >= 15 is 0 Å². The van der Waals surface area contributed by atoms with Gasteiger partial charge in [-0.3, -0.25) is 0 Å². The van der Waals surface area contributed by atoms with Crippen molar-refractivity contribution < 1.29 is 4.74 Å². The van der Waals surface area contributed by atoms with Gasteiger partial charge in [0, 0.05) is 0 Å². The second kappa shape index (κ2) is 8.54. The lowest BCUT2D eigenvalue weighted by molar-refractivity contribution is 0.443.